The van der Waals surface area contributed by atoms with Gasteiger partial charge in [-0.15, -0.1) is 0 Å². The molecule has 130 valence electrons. The molecule has 1 aromatic carbocycles. The topological polar surface area (TPSA) is 34.6 Å². The number of ether oxygens (including phenoxy) is 2. The number of nitrogens with zero attached hydrogens (tertiary/aromatic N) is 2. The van der Waals surface area contributed by atoms with E-state index in [1.54, 1.807) is 7.11 Å². The molecule has 0 saturated carbocycles. The Morgan fingerprint density at radius 3 is 3.04 bits per heavy atom. The summed E-state index contributed by atoms with van der Waals surface area (Å²) in [5.41, 5.74) is 3.59. The zero-order valence-electron chi connectivity index (χ0n) is 14.6. The lowest BCUT2D eigenvalue weighted by molar-refractivity contribution is 0.154. The number of likely N-dealkylation sites (tertiary alicyclic amines) is 1. The Kier molecular flexibility index (Phi) is 4.70. The summed E-state index contributed by atoms with van der Waals surface area (Å²) in [6.45, 7) is 2.70. The second-order valence-electron chi connectivity index (χ2n) is 6.73. The summed E-state index contributed by atoms with van der Waals surface area (Å²) in [5, 5.41) is 0. The van der Waals surface area contributed by atoms with Crippen LogP contribution in [-0.2, 0) is 0 Å². The Balaban J connectivity index is 1.55. The van der Waals surface area contributed by atoms with Crippen LogP contribution in [0.25, 0.3) is 6.08 Å². The molecule has 0 aliphatic carbocycles. The third kappa shape index (κ3) is 3.54. The van der Waals surface area contributed by atoms with Crippen molar-refractivity contribution in [3.05, 3.63) is 59.4 Å². The molecule has 0 bridgehead atoms. The van der Waals surface area contributed by atoms with E-state index in [-0.39, 0.29) is 0 Å². The van der Waals surface area contributed by atoms with Gasteiger partial charge in [0.2, 0.25) is 0 Å². The van der Waals surface area contributed by atoms with Crippen molar-refractivity contribution in [1.29, 1.82) is 0 Å². The number of pyridine rings is 1. The fraction of sp³-hybridized carbons (Fsp3) is 0.381. The van der Waals surface area contributed by atoms with E-state index in [0.29, 0.717) is 12.6 Å². The van der Waals surface area contributed by atoms with E-state index in [2.05, 4.69) is 28.1 Å². The van der Waals surface area contributed by atoms with Crippen LogP contribution in [0.5, 0.6) is 11.5 Å². The van der Waals surface area contributed by atoms with Crippen LogP contribution in [0, 0.1) is 0 Å². The Bertz CT molecular complexity index is 758. The van der Waals surface area contributed by atoms with Crippen molar-refractivity contribution in [2.75, 3.05) is 26.8 Å². The van der Waals surface area contributed by atoms with Gasteiger partial charge in [-0.1, -0.05) is 12.5 Å². The van der Waals surface area contributed by atoms with Crippen LogP contribution in [0.4, 0.5) is 0 Å². The van der Waals surface area contributed by atoms with Crippen LogP contribution in [-0.4, -0.2) is 36.7 Å². The monoisotopic (exact) mass is 336 g/mol. The van der Waals surface area contributed by atoms with Gasteiger partial charge in [0, 0.05) is 18.3 Å². The minimum absolute atomic E-state index is 0.405. The van der Waals surface area contributed by atoms with Crippen molar-refractivity contribution >= 4 is 6.08 Å². The maximum atomic E-state index is 5.95. The Labute approximate surface area is 149 Å². The van der Waals surface area contributed by atoms with Gasteiger partial charge >= 0.3 is 0 Å². The lowest BCUT2D eigenvalue weighted by Gasteiger charge is -2.36. The SMILES string of the molecule is COc1ccc2c(c1)C=C(CN1CCCCC1c1ccccn1)CO2. The summed E-state index contributed by atoms with van der Waals surface area (Å²) in [5.74, 6) is 1.80. The normalized spacial score (nSPS) is 20.4. The fourth-order valence-corrected chi connectivity index (χ4v) is 3.77. The van der Waals surface area contributed by atoms with Crippen molar-refractivity contribution in [3.8, 4) is 11.5 Å². The average Bonchev–Trinajstić information content (AvgIpc) is 2.68. The Hall–Kier alpha value is -2.33. The first-order valence-corrected chi connectivity index (χ1v) is 8.99. The highest BCUT2D eigenvalue weighted by Crippen LogP contribution is 2.33. The summed E-state index contributed by atoms with van der Waals surface area (Å²) in [7, 11) is 1.70. The molecular weight excluding hydrogens is 312 g/mol. The molecule has 1 unspecified atom stereocenters. The minimum atomic E-state index is 0.405. The highest BCUT2D eigenvalue weighted by Gasteiger charge is 2.26. The Morgan fingerprint density at radius 1 is 1.24 bits per heavy atom. The van der Waals surface area contributed by atoms with E-state index in [4.69, 9.17) is 9.47 Å². The molecule has 1 aromatic heterocycles. The molecule has 1 fully saturated rings. The summed E-state index contributed by atoms with van der Waals surface area (Å²) in [4.78, 5) is 7.14. The van der Waals surface area contributed by atoms with Crippen molar-refractivity contribution in [1.82, 2.24) is 9.88 Å². The molecule has 0 radical (unpaired) electrons. The van der Waals surface area contributed by atoms with Gasteiger partial charge in [-0.05, 0) is 61.4 Å². The number of methoxy groups -OCH3 is 1. The van der Waals surface area contributed by atoms with E-state index < -0.39 is 0 Å². The third-order valence-corrected chi connectivity index (χ3v) is 5.04. The molecule has 1 saturated heterocycles. The number of hydrogen-bond acceptors (Lipinski definition) is 4. The lowest BCUT2D eigenvalue weighted by Crippen LogP contribution is -2.36. The Morgan fingerprint density at radius 2 is 2.20 bits per heavy atom. The second kappa shape index (κ2) is 7.28. The van der Waals surface area contributed by atoms with Gasteiger partial charge in [0.1, 0.15) is 18.1 Å². The first-order valence-electron chi connectivity index (χ1n) is 8.99. The number of fused-ring (bicyclic) bond motifs is 1. The molecule has 25 heavy (non-hydrogen) atoms. The third-order valence-electron chi connectivity index (χ3n) is 5.04. The van der Waals surface area contributed by atoms with Crippen LogP contribution in [0.2, 0.25) is 0 Å². The van der Waals surface area contributed by atoms with Crippen molar-refractivity contribution in [2.45, 2.75) is 25.3 Å². The van der Waals surface area contributed by atoms with Crippen LogP contribution in [0.3, 0.4) is 0 Å². The van der Waals surface area contributed by atoms with Gasteiger partial charge in [-0.25, -0.2) is 0 Å². The predicted molar refractivity (Wildman–Crippen MR) is 98.9 cm³/mol. The molecule has 2 aliphatic rings. The predicted octanol–water partition coefficient (Wildman–Crippen LogP) is 4.09. The standard InChI is InChI=1S/C21H24N2O2/c1-24-18-8-9-21-17(13-18)12-16(15-25-21)14-23-11-5-3-7-20(23)19-6-2-4-10-22-19/h2,4,6,8-10,12-13,20H,3,5,7,11,14-15H2,1H3. The molecule has 0 N–H and O–H groups in total. The molecule has 4 rings (SSSR count). The molecule has 2 aromatic rings. The van der Waals surface area contributed by atoms with Crippen molar-refractivity contribution in [2.24, 2.45) is 0 Å². The molecule has 1 atom stereocenters. The molecule has 2 aliphatic heterocycles. The number of rotatable bonds is 4. The molecule has 4 nitrogen and oxygen atoms in total. The van der Waals surface area contributed by atoms with Crippen LogP contribution in [0.15, 0.2) is 48.2 Å². The zero-order valence-corrected chi connectivity index (χ0v) is 14.6. The molecule has 0 amide bonds. The van der Waals surface area contributed by atoms with Crippen LogP contribution in [0.1, 0.15) is 36.6 Å². The molecular formula is C21H24N2O2. The van der Waals surface area contributed by atoms with Gasteiger partial charge in [0.25, 0.3) is 0 Å². The van der Waals surface area contributed by atoms with E-state index in [1.807, 2.05) is 30.5 Å². The first kappa shape index (κ1) is 16.2. The number of hydrogen-bond donors (Lipinski definition) is 0. The number of piperidine rings is 1. The van der Waals surface area contributed by atoms with E-state index in [0.717, 1.165) is 30.2 Å². The largest absolute Gasteiger partial charge is 0.497 e. The van der Waals surface area contributed by atoms with Gasteiger partial charge in [-0.2, -0.15) is 0 Å². The maximum absolute atomic E-state index is 5.95. The first-order chi connectivity index (χ1) is 12.3. The van der Waals surface area contributed by atoms with Gasteiger partial charge in [0.15, 0.2) is 0 Å². The average molecular weight is 336 g/mol. The van der Waals surface area contributed by atoms with Crippen LogP contribution >= 0.6 is 0 Å². The highest BCUT2D eigenvalue weighted by atomic mass is 16.5. The molecule has 0 spiro atoms. The maximum Gasteiger partial charge on any atom is 0.127 e. The zero-order chi connectivity index (χ0) is 17.1. The second-order valence-corrected chi connectivity index (χ2v) is 6.73. The van der Waals surface area contributed by atoms with Crippen LogP contribution < -0.4 is 9.47 Å². The summed E-state index contributed by atoms with van der Waals surface area (Å²) in [6, 6.07) is 12.6. The fourth-order valence-electron chi connectivity index (χ4n) is 3.77. The quantitative estimate of drug-likeness (QED) is 0.842. The number of benzene rings is 1. The number of aromatic nitrogens is 1. The van der Waals surface area contributed by atoms with Gasteiger partial charge < -0.3 is 9.47 Å². The summed E-state index contributed by atoms with van der Waals surface area (Å²) >= 11 is 0. The highest BCUT2D eigenvalue weighted by molar-refractivity contribution is 5.64. The molecule has 4 heteroatoms. The van der Waals surface area contributed by atoms with Gasteiger partial charge in [-0.3, -0.25) is 9.88 Å². The molecule has 3 heterocycles. The van der Waals surface area contributed by atoms with Gasteiger partial charge in [0.05, 0.1) is 18.8 Å². The summed E-state index contributed by atoms with van der Waals surface area (Å²) < 4.78 is 11.3. The lowest BCUT2D eigenvalue weighted by atomic mass is 9.97. The van der Waals surface area contributed by atoms with E-state index in [1.165, 1.54) is 30.5 Å². The van der Waals surface area contributed by atoms with E-state index >= 15 is 0 Å². The summed E-state index contributed by atoms with van der Waals surface area (Å²) in [6.07, 6.45) is 7.85. The van der Waals surface area contributed by atoms with E-state index in [9.17, 15) is 0 Å². The smallest absolute Gasteiger partial charge is 0.127 e. The van der Waals surface area contributed by atoms with Crippen molar-refractivity contribution < 1.29 is 9.47 Å². The minimum Gasteiger partial charge on any atom is -0.497 e. The van der Waals surface area contributed by atoms with Crippen molar-refractivity contribution in [3.63, 3.8) is 0 Å².